The minimum absolute atomic E-state index is 0.136. The standard InChI is InChI=1S/C18H22N2O4/c1-3-4-9-15(18(23)24-2)19-16(21)12-20-11-10-13-7-5-6-8-14(13)17(20)22/h5-8,10-11,15H,3-4,9,12H2,1-2H3,(H,19,21). The SMILES string of the molecule is CCCCC(NC(=O)Cn1ccc2ccccc2c1=O)C(=O)OC. The van der Waals surface area contributed by atoms with E-state index in [4.69, 9.17) is 4.74 Å². The van der Waals surface area contributed by atoms with E-state index < -0.39 is 12.0 Å². The van der Waals surface area contributed by atoms with Crippen molar-refractivity contribution >= 4 is 22.6 Å². The molecular weight excluding hydrogens is 308 g/mol. The minimum Gasteiger partial charge on any atom is -0.467 e. The molecule has 0 aliphatic carbocycles. The molecule has 1 atom stereocenters. The second kappa shape index (κ2) is 8.29. The minimum atomic E-state index is -0.682. The molecule has 6 nitrogen and oxygen atoms in total. The smallest absolute Gasteiger partial charge is 0.328 e. The van der Waals surface area contributed by atoms with Crippen LogP contribution >= 0.6 is 0 Å². The van der Waals surface area contributed by atoms with E-state index in [-0.39, 0.29) is 18.0 Å². The van der Waals surface area contributed by atoms with Crippen molar-refractivity contribution in [1.82, 2.24) is 9.88 Å². The van der Waals surface area contributed by atoms with Crippen molar-refractivity contribution in [3.05, 3.63) is 46.9 Å². The summed E-state index contributed by atoms with van der Waals surface area (Å²) in [6.45, 7) is 1.87. The lowest BCUT2D eigenvalue weighted by Crippen LogP contribution is -2.43. The van der Waals surface area contributed by atoms with Gasteiger partial charge in [-0.3, -0.25) is 9.59 Å². The topological polar surface area (TPSA) is 77.4 Å². The Morgan fingerprint density at radius 3 is 2.71 bits per heavy atom. The van der Waals surface area contributed by atoms with Crippen LogP contribution in [-0.2, 0) is 20.9 Å². The number of unbranched alkanes of at least 4 members (excludes halogenated alkanes) is 1. The molecule has 0 bridgehead atoms. The summed E-state index contributed by atoms with van der Waals surface area (Å²) >= 11 is 0. The van der Waals surface area contributed by atoms with Crippen LogP contribution in [0, 0.1) is 0 Å². The van der Waals surface area contributed by atoms with Gasteiger partial charge in [0.05, 0.1) is 7.11 Å². The predicted octanol–water partition coefficient (Wildman–Crippen LogP) is 1.85. The molecule has 1 unspecified atom stereocenters. The summed E-state index contributed by atoms with van der Waals surface area (Å²) < 4.78 is 6.06. The van der Waals surface area contributed by atoms with E-state index >= 15 is 0 Å². The second-order valence-corrected chi connectivity index (χ2v) is 5.62. The normalized spacial score (nSPS) is 11.9. The Bertz CT molecular complexity index is 782. The van der Waals surface area contributed by atoms with E-state index in [9.17, 15) is 14.4 Å². The zero-order chi connectivity index (χ0) is 17.5. The van der Waals surface area contributed by atoms with Crippen LogP contribution in [0.2, 0.25) is 0 Å². The van der Waals surface area contributed by atoms with Crippen LogP contribution in [0.1, 0.15) is 26.2 Å². The number of carbonyl (C=O) groups excluding carboxylic acids is 2. The van der Waals surface area contributed by atoms with Gasteiger partial charge in [-0.1, -0.05) is 38.0 Å². The Labute approximate surface area is 140 Å². The van der Waals surface area contributed by atoms with Crippen LogP contribution < -0.4 is 10.9 Å². The number of methoxy groups -OCH3 is 1. The predicted molar refractivity (Wildman–Crippen MR) is 91.7 cm³/mol. The molecule has 24 heavy (non-hydrogen) atoms. The zero-order valence-corrected chi connectivity index (χ0v) is 14.0. The van der Waals surface area contributed by atoms with Gasteiger partial charge < -0.3 is 14.6 Å². The van der Waals surface area contributed by atoms with E-state index in [0.717, 1.165) is 18.2 Å². The average molecular weight is 330 g/mol. The van der Waals surface area contributed by atoms with Crippen LogP contribution in [0.4, 0.5) is 0 Å². The Hall–Kier alpha value is -2.63. The molecule has 6 heteroatoms. The molecule has 1 aromatic carbocycles. The van der Waals surface area contributed by atoms with Crippen LogP contribution in [0.5, 0.6) is 0 Å². The molecule has 0 spiro atoms. The number of fused-ring (bicyclic) bond motifs is 1. The monoisotopic (exact) mass is 330 g/mol. The maximum Gasteiger partial charge on any atom is 0.328 e. The second-order valence-electron chi connectivity index (χ2n) is 5.62. The summed E-state index contributed by atoms with van der Waals surface area (Å²) in [6, 6.07) is 8.32. The summed E-state index contributed by atoms with van der Waals surface area (Å²) in [5.74, 6) is -0.860. The number of aromatic nitrogens is 1. The molecule has 1 heterocycles. The highest BCUT2D eigenvalue weighted by Crippen LogP contribution is 2.08. The van der Waals surface area contributed by atoms with Gasteiger partial charge in [0.1, 0.15) is 12.6 Å². The summed E-state index contributed by atoms with van der Waals surface area (Å²) in [6.07, 6.45) is 3.81. The lowest BCUT2D eigenvalue weighted by Gasteiger charge is -2.16. The fourth-order valence-corrected chi connectivity index (χ4v) is 2.55. The van der Waals surface area contributed by atoms with E-state index in [1.54, 1.807) is 24.4 Å². The van der Waals surface area contributed by atoms with Crippen LogP contribution in [-0.4, -0.2) is 29.6 Å². The van der Waals surface area contributed by atoms with Gasteiger partial charge in [0.2, 0.25) is 5.91 Å². The molecule has 1 aromatic heterocycles. The number of carbonyl (C=O) groups is 2. The number of rotatable bonds is 7. The maximum atomic E-state index is 12.4. The van der Waals surface area contributed by atoms with Crippen molar-refractivity contribution in [2.75, 3.05) is 7.11 Å². The zero-order valence-electron chi connectivity index (χ0n) is 14.0. The fraction of sp³-hybridized carbons (Fsp3) is 0.389. The maximum absolute atomic E-state index is 12.4. The first-order valence-corrected chi connectivity index (χ1v) is 8.02. The van der Waals surface area contributed by atoms with Gasteiger partial charge in [-0.2, -0.15) is 0 Å². The van der Waals surface area contributed by atoms with Gasteiger partial charge in [-0.15, -0.1) is 0 Å². The van der Waals surface area contributed by atoms with E-state index in [0.29, 0.717) is 11.8 Å². The van der Waals surface area contributed by atoms with E-state index in [1.165, 1.54) is 11.7 Å². The molecule has 0 aliphatic rings. The van der Waals surface area contributed by atoms with Gasteiger partial charge in [-0.25, -0.2) is 4.79 Å². The molecular formula is C18H22N2O4. The first-order valence-electron chi connectivity index (χ1n) is 8.02. The Balaban J connectivity index is 2.12. The lowest BCUT2D eigenvalue weighted by atomic mass is 10.1. The molecule has 0 saturated heterocycles. The number of amides is 1. The molecule has 0 aliphatic heterocycles. The van der Waals surface area contributed by atoms with Crippen molar-refractivity contribution in [2.45, 2.75) is 38.8 Å². The molecule has 1 amide bonds. The lowest BCUT2D eigenvalue weighted by molar-refractivity contribution is -0.145. The van der Waals surface area contributed by atoms with Crippen molar-refractivity contribution in [3.8, 4) is 0 Å². The molecule has 2 rings (SSSR count). The van der Waals surface area contributed by atoms with Crippen LogP contribution in [0.25, 0.3) is 10.8 Å². The fourth-order valence-electron chi connectivity index (χ4n) is 2.55. The van der Waals surface area contributed by atoms with E-state index in [1.807, 2.05) is 19.1 Å². The summed E-state index contributed by atoms with van der Waals surface area (Å²) in [7, 11) is 1.29. The molecule has 0 saturated carbocycles. The number of benzene rings is 1. The largest absolute Gasteiger partial charge is 0.467 e. The van der Waals surface area contributed by atoms with Crippen molar-refractivity contribution in [1.29, 1.82) is 0 Å². The van der Waals surface area contributed by atoms with Gasteiger partial charge in [0.15, 0.2) is 0 Å². The third-order valence-corrected chi connectivity index (χ3v) is 3.87. The molecule has 0 fully saturated rings. The van der Waals surface area contributed by atoms with Crippen LogP contribution in [0.15, 0.2) is 41.3 Å². The Morgan fingerprint density at radius 2 is 2.00 bits per heavy atom. The molecule has 1 N–H and O–H groups in total. The van der Waals surface area contributed by atoms with Crippen molar-refractivity contribution < 1.29 is 14.3 Å². The Kier molecular flexibility index (Phi) is 6.12. The summed E-state index contributed by atoms with van der Waals surface area (Å²) in [5, 5.41) is 4.04. The number of hydrogen-bond donors (Lipinski definition) is 1. The van der Waals surface area contributed by atoms with Gasteiger partial charge in [0.25, 0.3) is 5.56 Å². The number of nitrogens with one attached hydrogen (secondary N) is 1. The molecule has 128 valence electrons. The number of hydrogen-bond acceptors (Lipinski definition) is 4. The first kappa shape index (κ1) is 17.7. The quantitative estimate of drug-likeness (QED) is 0.786. The number of nitrogens with zero attached hydrogens (tertiary/aromatic N) is 1. The first-order chi connectivity index (χ1) is 11.6. The van der Waals surface area contributed by atoms with Gasteiger partial charge >= 0.3 is 5.97 Å². The number of pyridine rings is 1. The molecule has 2 aromatic rings. The Morgan fingerprint density at radius 1 is 1.25 bits per heavy atom. The van der Waals surface area contributed by atoms with Crippen molar-refractivity contribution in [2.24, 2.45) is 0 Å². The van der Waals surface area contributed by atoms with Crippen LogP contribution in [0.3, 0.4) is 0 Å². The number of esters is 1. The third-order valence-electron chi connectivity index (χ3n) is 3.87. The van der Waals surface area contributed by atoms with Gasteiger partial charge in [-0.05, 0) is 23.9 Å². The highest BCUT2D eigenvalue weighted by Gasteiger charge is 2.21. The summed E-state index contributed by atoms with van der Waals surface area (Å²) in [4.78, 5) is 36.4. The number of ether oxygens (including phenoxy) is 1. The van der Waals surface area contributed by atoms with E-state index in [2.05, 4.69) is 5.32 Å². The third kappa shape index (κ3) is 4.22. The van der Waals surface area contributed by atoms with Gasteiger partial charge in [0, 0.05) is 11.6 Å². The summed E-state index contributed by atoms with van der Waals surface area (Å²) in [5.41, 5.74) is -0.230. The molecule has 0 radical (unpaired) electrons. The highest BCUT2D eigenvalue weighted by molar-refractivity contribution is 5.85. The van der Waals surface area contributed by atoms with Crippen molar-refractivity contribution in [3.63, 3.8) is 0 Å². The average Bonchev–Trinajstić information content (AvgIpc) is 2.60. The highest BCUT2D eigenvalue weighted by atomic mass is 16.5.